The summed E-state index contributed by atoms with van der Waals surface area (Å²) in [5, 5.41) is 0. The zero-order valence-electron chi connectivity index (χ0n) is 9.77. The number of nitrogen functional groups attached to an aromatic ring is 1. The lowest BCUT2D eigenvalue weighted by Crippen LogP contribution is -2.10. The van der Waals surface area contributed by atoms with Gasteiger partial charge in [-0.3, -0.25) is 0 Å². The van der Waals surface area contributed by atoms with Crippen LogP contribution in [0.1, 0.15) is 20.7 Å². The third-order valence-electron chi connectivity index (χ3n) is 2.18. The van der Waals surface area contributed by atoms with Gasteiger partial charge in [0.05, 0.1) is 26.9 Å². The maximum atomic E-state index is 11.4. The second kappa shape index (κ2) is 5.20. The summed E-state index contributed by atoms with van der Waals surface area (Å²) in [6.45, 7) is 0. The van der Waals surface area contributed by atoms with Crippen molar-refractivity contribution in [1.82, 2.24) is 0 Å². The quantitative estimate of drug-likeness (QED) is 0.621. The van der Waals surface area contributed by atoms with Gasteiger partial charge in [0, 0.05) is 5.69 Å². The molecule has 0 radical (unpaired) electrons. The van der Waals surface area contributed by atoms with Crippen LogP contribution in [-0.4, -0.2) is 33.3 Å². The second-order valence-electron chi connectivity index (χ2n) is 3.12. The lowest BCUT2D eigenvalue weighted by atomic mass is 10.1. The van der Waals surface area contributed by atoms with Crippen molar-refractivity contribution in [3.05, 3.63) is 23.3 Å². The molecule has 0 fully saturated rings. The maximum absolute atomic E-state index is 11.4. The van der Waals surface area contributed by atoms with E-state index in [2.05, 4.69) is 9.47 Å². The molecule has 2 N–H and O–H groups in total. The van der Waals surface area contributed by atoms with E-state index in [1.165, 1.54) is 33.5 Å². The number of ether oxygens (including phenoxy) is 3. The van der Waals surface area contributed by atoms with Crippen LogP contribution in [0.25, 0.3) is 0 Å². The van der Waals surface area contributed by atoms with E-state index >= 15 is 0 Å². The number of esters is 2. The molecule has 0 aliphatic heterocycles. The second-order valence-corrected chi connectivity index (χ2v) is 3.12. The van der Waals surface area contributed by atoms with Crippen molar-refractivity contribution >= 4 is 17.6 Å². The van der Waals surface area contributed by atoms with Gasteiger partial charge in [-0.15, -0.1) is 0 Å². The third-order valence-corrected chi connectivity index (χ3v) is 2.18. The van der Waals surface area contributed by atoms with Crippen molar-refractivity contribution < 1.29 is 23.8 Å². The van der Waals surface area contributed by atoms with Crippen molar-refractivity contribution in [1.29, 1.82) is 0 Å². The molecule has 0 aromatic heterocycles. The highest BCUT2D eigenvalue weighted by Crippen LogP contribution is 2.26. The molecule has 1 aromatic rings. The fourth-order valence-electron chi connectivity index (χ4n) is 1.32. The molecule has 0 amide bonds. The van der Waals surface area contributed by atoms with E-state index in [-0.39, 0.29) is 22.6 Å². The number of methoxy groups -OCH3 is 3. The summed E-state index contributed by atoms with van der Waals surface area (Å²) in [4.78, 5) is 22.8. The zero-order chi connectivity index (χ0) is 13.0. The normalized spacial score (nSPS) is 9.59. The first-order valence-corrected chi connectivity index (χ1v) is 4.69. The Hall–Kier alpha value is -2.24. The highest BCUT2D eigenvalue weighted by Gasteiger charge is 2.19. The first-order chi connectivity index (χ1) is 8.04. The van der Waals surface area contributed by atoms with Crippen LogP contribution < -0.4 is 10.5 Å². The molecule has 6 heteroatoms. The SMILES string of the molecule is COC(=O)c1cc(OC)c(C(=O)OC)cc1N. The van der Waals surface area contributed by atoms with Crippen molar-refractivity contribution in [2.75, 3.05) is 27.1 Å². The molecule has 0 saturated heterocycles. The number of benzene rings is 1. The molecule has 6 nitrogen and oxygen atoms in total. The van der Waals surface area contributed by atoms with Gasteiger partial charge in [0.1, 0.15) is 11.3 Å². The minimum absolute atomic E-state index is 0.123. The van der Waals surface area contributed by atoms with Gasteiger partial charge in [-0.1, -0.05) is 0 Å². The average Bonchev–Trinajstić information content (AvgIpc) is 2.36. The number of hydrogen-bond donors (Lipinski definition) is 1. The largest absolute Gasteiger partial charge is 0.496 e. The van der Waals surface area contributed by atoms with Crippen LogP contribution in [0.5, 0.6) is 5.75 Å². The van der Waals surface area contributed by atoms with Gasteiger partial charge in [0.2, 0.25) is 0 Å². The molecular formula is C11H13NO5. The predicted molar refractivity (Wildman–Crippen MR) is 60.1 cm³/mol. The van der Waals surface area contributed by atoms with Gasteiger partial charge in [-0.05, 0) is 12.1 Å². The Morgan fingerprint density at radius 1 is 1.00 bits per heavy atom. The van der Waals surface area contributed by atoms with E-state index in [1.807, 2.05) is 0 Å². The van der Waals surface area contributed by atoms with Crippen LogP contribution in [0.3, 0.4) is 0 Å². The van der Waals surface area contributed by atoms with E-state index in [0.717, 1.165) is 0 Å². The van der Waals surface area contributed by atoms with Crippen molar-refractivity contribution in [3.63, 3.8) is 0 Å². The molecule has 1 aromatic carbocycles. The van der Waals surface area contributed by atoms with E-state index < -0.39 is 11.9 Å². The maximum Gasteiger partial charge on any atom is 0.341 e. The van der Waals surface area contributed by atoms with Gasteiger partial charge in [-0.2, -0.15) is 0 Å². The summed E-state index contributed by atoms with van der Waals surface area (Å²) in [6.07, 6.45) is 0. The summed E-state index contributed by atoms with van der Waals surface area (Å²) in [7, 11) is 3.85. The Bertz CT molecular complexity index is 455. The van der Waals surface area contributed by atoms with Crippen molar-refractivity contribution in [2.24, 2.45) is 0 Å². The van der Waals surface area contributed by atoms with Crippen LogP contribution >= 0.6 is 0 Å². The average molecular weight is 239 g/mol. The summed E-state index contributed by atoms with van der Waals surface area (Å²) >= 11 is 0. The summed E-state index contributed by atoms with van der Waals surface area (Å²) < 4.78 is 14.1. The van der Waals surface area contributed by atoms with E-state index in [9.17, 15) is 9.59 Å². The fourth-order valence-corrected chi connectivity index (χ4v) is 1.32. The molecule has 0 saturated carbocycles. The highest BCUT2D eigenvalue weighted by atomic mass is 16.5. The highest BCUT2D eigenvalue weighted by molar-refractivity contribution is 6.00. The van der Waals surface area contributed by atoms with E-state index in [0.29, 0.717) is 0 Å². The predicted octanol–water partition coefficient (Wildman–Crippen LogP) is 0.851. The molecular weight excluding hydrogens is 226 g/mol. The number of rotatable bonds is 3. The first-order valence-electron chi connectivity index (χ1n) is 4.69. The Morgan fingerprint density at radius 2 is 1.53 bits per heavy atom. The van der Waals surface area contributed by atoms with Crippen molar-refractivity contribution in [3.8, 4) is 5.75 Å². The van der Waals surface area contributed by atoms with Crippen LogP contribution in [0.4, 0.5) is 5.69 Å². The first kappa shape index (κ1) is 12.8. The fraction of sp³-hybridized carbons (Fsp3) is 0.273. The number of carbonyl (C=O) groups excluding carboxylic acids is 2. The Balaban J connectivity index is 3.34. The topological polar surface area (TPSA) is 87.8 Å². The molecule has 0 spiro atoms. The van der Waals surface area contributed by atoms with Crippen LogP contribution in [0.2, 0.25) is 0 Å². The van der Waals surface area contributed by atoms with Gasteiger partial charge in [0.15, 0.2) is 0 Å². The molecule has 0 atom stereocenters. The lowest BCUT2D eigenvalue weighted by molar-refractivity contribution is 0.0584. The minimum atomic E-state index is -0.600. The van der Waals surface area contributed by atoms with Crippen molar-refractivity contribution in [2.45, 2.75) is 0 Å². The molecule has 0 bridgehead atoms. The Morgan fingerprint density at radius 3 is 2.00 bits per heavy atom. The van der Waals surface area contributed by atoms with Gasteiger partial charge in [0.25, 0.3) is 0 Å². The lowest BCUT2D eigenvalue weighted by Gasteiger charge is -2.10. The number of nitrogens with two attached hydrogens (primary N) is 1. The van der Waals surface area contributed by atoms with Gasteiger partial charge in [-0.25, -0.2) is 9.59 Å². The van der Waals surface area contributed by atoms with Crippen LogP contribution in [0.15, 0.2) is 12.1 Å². The zero-order valence-corrected chi connectivity index (χ0v) is 9.77. The molecule has 0 heterocycles. The Labute approximate surface area is 98.3 Å². The van der Waals surface area contributed by atoms with E-state index in [4.69, 9.17) is 10.5 Å². The Kier molecular flexibility index (Phi) is 3.92. The smallest absolute Gasteiger partial charge is 0.341 e. The molecule has 17 heavy (non-hydrogen) atoms. The van der Waals surface area contributed by atoms with Gasteiger partial charge >= 0.3 is 11.9 Å². The summed E-state index contributed by atoms with van der Waals surface area (Å²) in [5.74, 6) is -0.992. The number of anilines is 1. The minimum Gasteiger partial charge on any atom is -0.496 e. The third kappa shape index (κ3) is 2.47. The van der Waals surface area contributed by atoms with Crippen LogP contribution in [0, 0.1) is 0 Å². The molecule has 0 unspecified atom stereocenters. The molecule has 1 rings (SSSR count). The summed E-state index contributed by atoms with van der Waals surface area (Å²) in [5.41, 5.74) is 6.06. The molecule has 0 aliphatic carbocycles. The standard InChI is InChI=1S/C11H13NO5/c1-15-9-5-6(10(13)16-2)8(12)4-7(9)11(14)17-3/h4-5H,12H2,1-3H3. The number of hydrogen-bond acceptors (Lipinski definition) is 6. The number of carbonyl (C=O) groups is 2. The van der Waals surface area contributed by atoms with E-state index in [1.54, 1.807) is 0 Å². The van der Waals surface area contributed by atoms with Gasteiger partial charge < -0.3 is 19.9 Å². The van der Waals surface area contributed by atoms with Crippen LogP contribution in [-0.2, 0) is 9.47 Å². The summed E-state index contributed by atoms with van der Waals surface area (Å²) in [6, 6.07) is 2.66. The monoisotopic (exact) mass is 239 g/mol. The molecule has 0 aliphatic rings. The molecule has 92 valence electrons.